The van der Waals surface area contributed by atoms with E-state index in [1.54, 1.807) is 6.07 Å². The molecule has 0 unspecified atom stereocenters. The molecule has 0 aliphatic rings. The van der Waals surface area contributed by atoms with E-state index in [0.29, 0.717) is 0 Å². The third kappa shape index (κ3) is 2.12. The molecular weight excluding hydrogens is 173 g/mol. The quantitative estimate of drug-likeness (QED) is 0.537. The molecule has 0 amide bonds. The minimum atomic E-state index is -2.01. The summed E-state index contributed by atoms with van der Waals surface area (Å²) in [6, 6.07) is 5.87. The van der Waals surface area contributed by atoms with E-state index in [1.807, 2.05) is 0 Å². The summed E-state index contributed by atoms with van der Waals surface area (Å²) in [4.78, 5) is 0. The number of aromatic hydroxyl groups is 1. The second-order valence-electron chi connectivity index (χ2n) is 2.21. The number of hydrogen-bond acceptors (Lipinski definition) is 5. The van der Waals surface area contributed by atoms with Crippen LogP contribution in [0.4, 0.5) is 0 Å². The van der Waals surface area contributed by atoms with Crippen LogP contribution in [0.1, 0.15) is 5.56 Å². The molecule has 6 heteroatoms. The Morgan fingerprint density at radius 3 is 2.62 bits per heavy atom. The van der Waals surface area contributed by atoms with Crippen molar-refractivity contribution in [2.24, 2.45) is 0 Å². The van der Waals surface area contributed by atoms with Gasteiger partial charge in [-0.3, -0.25) is 0 Å². The fourth-order valence-corrected chi connectivity index (χ4v) is 0.821. The van der Waals surface area contributed by atoms with E-state index in [2.05, 4.69) is 4.65 Å². The second kappa shape index (κ2) is 3.80. The number of rotatable bonds is 2. The van der Waals surface area contributed by atoms with Crippen LogP contribution in [0.15, 0.2) is 18.2 Å². The predicted octanol–water partition coefficient (Wildman–Crippen LogP) is -0.388. The molecule has 0 saturated carbocycles. The Morgan fingerprint density at radius 1 is 1.38 bits per heavy atom. The van der Waals surface area contributed by atoms with E-state index in [0.717, 1.165) is 0 Å². The zero-order valence-corrected chi connectivity index (χ0v) is 6.51. The van der Waals surface area contributed by atoms with Crippen molar-refractivity contribution in [3.05, 3.63) is 23.8 Å². The van der Waals surface area contributed by atoms with Crippen LogP contribution < -0.4 is 4.65 Å². The van der Waals surface area contributed by atoms with Gasteiger partial charge in [0.05, 0.1) is 5.56 Å². The van der Waals surface area contributed by atoms with Crippen LogP contribution in [0.3, 0.4) is 0 Å². The first-order chi connectivity index (χ1) is 6.15. The van der Waals surface area contributed by atoms with Crippen molar-refractivity contribution in [1.82, 2.24) is 0 Å². The van der Waals surface area contributed by atoms with E-state index < -0.39 is 13.1 Å². The molecule has 1 rings (SSSR count). The Balaban J connectivity index is 3.03. The maximum atomic E-state index is 9.27. The largest absolute Gasteiger partial charge is 0.707 e. The van der Waals surface area contributed by atoms with Crippen LogP contribution in [0.2, 0.25) is 0 Å². The summed E-state index contributed by atoms with van der Waals surface area (Å²) in [6.07, 6.45) is 0. The lowest BCUT2D eigenvalue weighted by Crippen LogP contribution is -2.20. The van der Waals surface area contributed by atoms with Gasteiger partial charge in [-0.2, -0.15) is 5.26 Å². The first kappa shape index (κ1) is 9.38. The van der Waals surface area contributed by atoms with Gasteiger partial charge in [0, 0.05) is 0 Å². The number of phenols is 1. The van der Waals surface area contributed by atoms with E-state index in [9.17, 15) is 5.11 Å². The smallest absolute Gasteiger partial charge is 0.509 e. The maximum absolute atomic E-state index is 9.27. The topological polar surface area (TPSA) is 93.7 Å². The van der Waals surface area contributed by atoms with Gasteiger partial charge in [0.1, 0.15) is 11.8 Å². The number of nitrogens with zero attached hydrogens (tertiary/aromatic N) is 1. The van der Waals surface area contributed by atoms with Crippen molar-refractivity contribution in [1.29, 1.82) is 5.26 Å². The summed E-state index contributed by atoms with van der Waals surface area (Å²) >= 11 is 0. The highest BCUT2D eigenvalue weighted by Gasteiger charge is 2.15. The van der Waals surface area contributed by atoms with Gasteiger partial charge in [0.15, 0.2) is 5.75 Å². The summed E-state index contributed by atoms with van der Waals surface area (Å²) in [5.41, 5.74) is 0.0122. The van der Waals surface area contributed by atoms with E-state index in [-0.39, 0.29) is 11.3 Å². The monoisotopic (exact) mass is 179 g/mol. The van der Waals surface area contributed by atoms with E-state index >= 15 is 0 Å². The van der Waals surface area contributed by atoms with Gasteiger partial charge in [-0.15, -0.1) is 0 Å². The minimum absolute atomic E-state index is 0.0122. The highest BCUT2D eigenvalue weighted by molar-refractivity contribution is 6.33. The third-order valence-corrected chi connectivity index (χ3v) is 1.35. The predicted molar refractivity (Wildman–Crippen MR) is 43.6 cm³/mol. The van der Waals surface area contributed by atoms with Gasteiger partial charge in [0.25, 0.3) is 0 Å². The molecule has 66 valence electrons. The molecule has 0 heterocycles. The Labute approximate surface area is 74.6 Å². The molecule has 0 saturated heterocycles. The lowest BCUT2D eigenvalue weighted by Gasteiger charge is -2.06. The van der Waals surface area contributed by atoms with Gasteiger partial charge in [0.2, 0.25) is 0 Å². The summed E-state index contributed by atoms with van der Waals surface area (Å²) in [5, 5.41) is 34.6. The molecule has 0 atom stereocenters. The van der Waals surface area contributed by atoms with Gasteiger partial charge < -0.3 is 19.8 Å². The molecular formula is C7H6BNO4. The molecule has 1 aromatic carbocycles. The zero-order valence-electron chi connectivity index (χ0n) is 6.51. The molecule has 0 spiro atoms. The molecule has 3 N–H and O–H groups in total. The molecule has 13 heavy (non-hydrogen) atoms. The highest BCUT2D eigenvalue weighted by Crippen LogP contribution is 2.28. The van der Waals surface area contributed by atoms with E-state index in [4.69, 9.17) is 15.3 Å². The molecule has 0 fully saturated rings. The van der Waals surface area contributed by atoms with Gasteiger partial charge >= 0.3 is 7.32 Å². The fourth-order valence-electron chi connectivity index (χ4n) is 0.821. The Hall–Kier alpha value is -1.71. The van der Waals surface area contributed by atoms with Crippen molar-refractivity contribution in [3.8, 4) is 17.6 Å². The molecule has 0 aromatic heterocycles. The van der Waals surface area contributed by atoms with Crippen molar-refractivity contribution in [3.63, 3.8) is 0 Å². The molecule has 0 aliphatic heterocycles. The average Bonchev–Trinajstić information content (AvgIpc) is 2.08. The zero-order chi connectivity index (χ0) is 9.84. The summed E-state index contributed by atoms with van der Waals surface area (Å²) in [6.45, 7) is 0. The second-order valence-corrected chi connectivity index (χ2v) is 2.21. The molecule has 0 radical (unpaired) electrons. The van der Waals surface area contributed by atoms with Gasteiger partial charge in [-0.1, -0.05) is 6.07 Å². The Morgan fingerprint density at radius 2 is 2.08 bits per heavy atom. The summed E-state index contributed by atoms with van der Waals surface area (Å²) < 4.78 is 4.40. The van der Waals surface area contributed by atoms with Crippen molar-refractivity contribution < 1.29 is 19.8 Å². The number of benzene rings is 1. The first-order valence-corrected chi connectivity index (χ1v) is 3.40. The standard InChI is InChI=1S/C7H6BNO4/c9-4-5-2-1-3-6(7(5)10)13-8(11)12/h1-3,10-12H. The third-order valence-electron chi connectivity index (χ3n) is 1.35. The van der Waals surface area contributed by atoms with Crippen molar-refractivity contribution in [2.45, 2.75) is 0 Å². The summed E-state index contributed by atoms with van der Waals surface area (Å²) in [7, 11) is -2.01. The van der Waals surface area contributed by atoms with Crippen LogP contribution in [-0.2, 0) is 0 Å². The van der Waals surface area contributed by atoms with Gasteiger partial charge in [-0.25, -0.2) is 0 Å². The highest BCUT2D eigenvalue weighted by atomic mass is 16.6. The van der Waals surface area contributed by atoms with Crippen LogP contribution in [0.25, 0.3) is 0 Å². The van der Waals surface area contributed by atoms with Crippen molar-refractivity contribution in [2.75, 3.05) is 0 Å². The number of phenolic OH excluding ortho intramolecular Hbond substituents is 1. The fraction of sp³-hybridized carbons (Fsp3) is 0. The van der Waals surface area contributed by atoms with Crippen molar-refractivity contribution >= 4 is 7.32 Å². The molecule has 0 bridgehead atoms. The number of hydrogen-bond donors (Lipinski definition) is 3. The lowest BCUT2D eigenvalue weighted by molar-refractivity contribution is 0.281. The molecule has 5 nitrogen and oxygen atoms in total. The number of para-hydroxylation sites is 1. The number of nitriles is 1. The summed E-state index contributed by atoms with van der Waals surface area (Å²) in [5.74, 6) is -0.549. The Kier molecular flexibility index (Phi) is 2.74. The van der Waals surface area contributed by atoms with Crippen LogP contribution in [0, 0.1) is 11.3 Å². The normalized spacial score (nSPS) is 9.00. The molecule has 1 aromatic rings. The Bertz CT molecular complexity index is 347. The minimum Gasteiger partial charge on any atom is -0.509 e. The first-order valence-electron chi connectivity index (χ1n) is 3.40. The molecule has 0 aliphatic carbocycles. The average molecular weight is 179 g/mol. The van der Waals surface area contributed by atoms with Crippen LogP contribution in [-0.4, -0.2) is 22.5 Å². The SMILES string of the molecule is N#Cc1cccc(OB(O)O)c1O. The van der Waals surface area contributed by atoms with Crippen LogP contribution in [0.5, 0.6) is 11.5 Å². The van der Waals surface area contributed by atoms with E-state index in [1.165, 1.54) is 18.2 Å². The van der Waals surface area contributed by atoms with Gasteiger partial charge in [-0.05, 0) is 12.1 Å². The maximum Gasteiger partial charge on any atom is 0.707 e. The lowest BCUT2D eigenvalue weighted by atomic mass is 10.2. The van der Waals surface area contributed by atoms with Crippen LogP contribution >= 0.6 is 0 Å².